The molecule has 6 heteroatoms. The molecule has 24 heavy (non-hydrogen) atoms. The first-order valence-corrected chi connectivity index (χ1v) is 7.40. The molecule has 0 aromatic heterocycles. The van der Waals surface area contributed by atoms with E-state index >= 15 is 0 Å². The first-order chi connectivity index (χ1) is 11.6. The minimum atomic E-state index is -0.542. The van der Waals surface area contributed by atoms with Gasteiger partial charge in [-0.2, -0.15) is 0 Å². The van der Waals surface area contributed by atoms with Crippen LogP contribution < -0.4 is 9.47 Å². The fourth-order valence-electron chi connectivity index (χ4n) is 2.75. The average molecular weight is 327 g/mol. The summed E-state index contributed by atoms with van der Waals surface area (Å²) >= 11 is 0. The lowest BCUT2D eigenvalue weighted by atomic mass is 10.0. The highest BCUT2D eigenvalue weighted by atomic mass is 16.7. The molecule has 6 nitrogen and oxygen atoms in total. The highest BCUT2D eigenvalue weighted by Crippen LogP contribution is 2.35. The summed E-state index contributed by atoms with van der Waals surface area (Å²) in [6.07, 6.45) is 3.27. The van der Waals surface area contributed by atoms with E-state index in [1.54, 1.807) is 37.3 Å². The van der Waals surface area contributed by atoms with E-state index in [1.165, 1.54) is 12.0 Å². The monoisotopic (exact) mass is 327 g/mol. The molecule has 0 atom stereocenters. The molecular formula is C18H17NO5. The largest absolute Gasteiger partial charge is 0.465 e. The Bertz CT molecular complexity index is 791. The van der Waals surface area contributed by atoms with Crippen molar-refractivity contribution in [1.29, 1.82) is 0 Å². The average Bonchev–Trinajstić information content (AvgIpc) is 3.13. The number of carbonyl (C=O) groups is 2. The van der Waals surface area contributed by atoms with Crippen LogP contribution in [0.2, 0.25) is 0 Å². The Kier molecular flexibility index (Phi) is 4.12. The van der Waals surface area contributed by atoms with Crippen LogP contribution in [0.5, 0.6) is 11.5 Å². The van der Waals surface area contributed by atoms with Crippen molar-refractivity contribution in [3.05, 3.63) is 53.3 Å². The SMILES string of the molecule is C=CCN1C(=O)/C(=C\c2ccc3c(c2)OCO3)C(C(=O)OC)=C1C. The van der Waals surface area contributed by atoms with Crippen LogP contribution in [-0.2, 0) is 14.3 Å². The molecule has 2 aliphatic heterocycles. The van der Waals surface area contributed by atoms with Crippen LogP contribution in [0.15, 0.2) is 47.7 Å². The zero-order valence-electron chi connectivity index (χ0n) is 13.5. The van der Waals surface area contributed by atoms with Gasteiger partial charge < -0.3 is 19.1 Å². The molecule has 0 fully saturated rings. The van der Waals surface area contributed by atoms with E-state index < -0.39 is 5.97 Å². The second-order valence-electron chi connectivity index (χ2n) is 5.33. The number of methoxy groups -OCH3 is 1. The maximum atomic E-state index is 12.7. The molecule has 3 rings (SSSR count). The highest BCUT2D eigenvalue weighted by molar-refractivity contribution is 6.16. The third-order valence-corrected chi connectivity index (χ3v) is 3.92. The minimum absolute atomic E-state index is 0.174. The lowest BCUT2D eigenvalue weighted by Gasteiger charge is -2.14. The summed E-state index contributed by atoms with van der Waals surface area (Å²) in [5.74, 6) is 0.464. The number of rotatable bonds is 4. The first kappa shape index (κ1) is 15.9. The Hall–Kier alpha value is -3.02. The Labute approximate surface area is 139 Å². The van der Waals surface area contributed by atoms with Gasteiger partial charge >= 0.3 is 5.97 Å². The quantitative estimate of drug-likeness (QED) is 0.482. The number of esters is 1. The van der Waals surface area contributed by atoms with Gasteiger partial charge in [-0.3, -0.25) is 4.79 Å². The second-order valence-corrected chi connectivity index (χ2v) is 5.33. The normalized spacial score (nSPS) is 17.7. The molecule has 124 valence electrons. The molecule has 1 aromatic rings. The van der Waals surface area contributed by atoms with E-state index in [9.17, 15) is 9.59 Å². The van der Waals surface area contributed by atoms with Gasteiger partial charge in [-0.05, 0) is 30.7 Å². The maximum Gasteiger partial charge on any atom is 0.340 e. The smallest absolute Gasteiger partial charge is 0.340 e. The molecular weight excluding hydrogens is 310 g/mol. The summed E-state index contributed by atoms with van der Waals surface area (Å²) < 4.78 is 15.5. The van der Waals surface area contributed by atoms with Gasteiger partial charge in [0.05, 0.1) is 18.3 Å². The lowest BCUT2D eigenvalue weighted by Crippen LogP contribution is -2.24. The summed E-state index contributed by atoms with van der Waals surface area (Å²) in [6, 6.07) is 5.33. The number of fused-ring (bicyclic) bond motifs is 1. The van der Waals surface area contributed by atoms with Crippen LogP contribution in [-0.4, -0.2) is 37.2 Å². The van der Waals surface area contributed by atoms with Crippen molar-refractivity contribution >= 4 is 18.0 Å². The molecule has 0 aliphatic carbocycles. The third kappa shape index (κ3) is 2.56. The summed E-state index contributed by atoms with van der Waals surface area (Å²) in [5, 5.41) is 0. The van der Waals surface area contributed by atoms with E-state index in [0.29, 0.717) is 29.3 Å². The summed E-state index contributed by atoms with van der Waals surface area (Å²) in [7, 11) is 1.29. The van der Waals surface area contributed by atoms with Crippen LogP contribution in [0.4, 0.5) is 0 Å². The maximum absolute atomic E-state index is 12.7. The van der Waals surface area contributed by atoms with Crippen LogP contribution in [0.1, 0.15) is 12.5 Å². The van der Waals surface area contributed by atoms with Crippen LogP contribution in [0.3, 0.4) is 0 Å². The van der Waals surface area contributed by atoms with Crippen molar-refractivity contribution in [2.24, 2.45) is 0 Å². The van der Waals surface area contributed by atoms with Crippen LogP contribution in [0.25, 0.3) is 6.08 Å². The van der Waals surface area contributed by atoms with Gasteiger partial charge in [0, 0.05) is 12.2 Å². The van der Waals surface area contributed by atoms with Gasteiger partial charge in [0.25, 0.3) is 5.91 Å². The highest BCUT2D eigenvalue weighted by Gasteiger charge is 2.36. The predicted octanol–water partition coefficient (Wildman–Crippen LogP) is 2.27. The first-order valence-electron chi connectivity index (χ1n) is 7.40. The molecule has 0 N–H and O–H groups in total. The van der Waals surface area contributed by atoms with E-state index in [0.717, 1.165) is 5.56 Å². The number of carbonyl (C=O) groups excluding carboxylic acids is 2. The van der Waals surface area contributed by atoms with Crippen molar-refractivity contribution in [2.75, 3.05) is 20.4 Å². The van der Waals surface area contributed by atoms with Gasteiger partial charge in [0.1, 0.15) is 0 Å². The van der Waals surface area contributed by atoms with Crippen LogP contribution >= 0.6 is 0 Å². The van der Waals surface area contributed by atoms with Gasteiger partial charge in [-0.1, -0.05) is 12.1 Å². The number of ether oxygens (including phenoxy) is 3. The number of benzene rings is 1. The summed E-state index contributed by atoms with van der Waals surface area (Å²) in [6.45, 7) is 5.86. The molecule has 0 unspecified atom stereocenters. The third-order valence-electron chi connectivity index (χ3n) is 3.92. The van der Waals surface area contributed by atoms with Crippen molar-refractivity contribution in [2.45, 2.75) is 6.92 Å². The molecule has 0 saturated heterocycles. The zero-order valence-corrected chi connectivity index (χ0v) is 13.5. The van der Waals surface area contributed by atoms with E-state index in [4.69, 9.17) is 14.2 Å². The number of nitrogens with zero attached hydrogens (tertiary/aromatic N) is 1. The molecule has 2 heterocycles. The Morgan fingerprint density at radius 2 is 2.12 bits per heavy atom. The molecule has 0 saturated carbocycles. The topological polar surface area (TPSA) is 65.1 Å². The van der Waals surface area contributed by atoms with Gasteiger partial charge in [0.2, 0.25) is 6.79 Å². The molecule has 1 amide bonds. The Morgan fingerprint density at radius 1 is 1.38 bits per heavy atom. The summed E-state index contributed by atoms with van der Waals surface area (Å²) in [4.78, 5) is 26.3. The number of hydrogen-bond donors (Lipinski definition) is 0. The summed E-state index contributed by atoms with van der Waals surface area (Å²) in [5.41, 5.74) is 1.85. The molecule has 2 aliphatic rings. The fraction of sp³-hybridized carbons (Fsp3) is 0.222. The molecule has 0 spiro atoms. The standard InChI is InChI=1S/C18H17NO5/c1-4-7-19-11(2)16(18(21)22-3)13(17(19)20)8-12-5-6-14-15(9-12)24-10-23-14/h4-6,8-9H,1,7,10H2,2-3H3/b13-8-. The number of hydrogen-bond acceptors (Lipinski definition) is 5. The molecule has 0 radical (unpaired) electrons. The molecule has 1 aromatic carbocycles. The van der Waals surface area contributed by atoms with Gasteiger partial charge in [-0.25, -0.2) is 4.79 Å². The van der Waals surface area contributed by atoms with E-state index in [-0.39, 0.29) is 18.3 Å². The number of amides is 1. The van der Waals surface area contributed by atoms with Gasteiger partial charge in [-0.15, -0.1) is 6.58 Å². The van der Waals surface area contributed by atoms with Crippen molar-refractivity contribution in [3.8, 4) is 11.5 Å². The Balaban J connectivity index is 2.05. The molecule has 0 bridgehead atoms. The van der Waals surface area contributed by atoms with Crippen molar-refractivity contribution < 1.29 is 23.8 Å². The second kappa shape index (κ2) is 6.23. The number of allylic oxidation sites excluding steroid dienone is 1. The van der Waals surface area contributed by atoms with Gasteiger partial charge in [0.15, 0.2) is 11.5 Å². The fourth-order valence-corrected chi connectivity index (χ4v) is 2.75. The predicted molar refractivity (Wildman–Crippen MR) is 87.2 cm³/mol. The van der Waals surface area contributed by atoms with Crippen molar-refractivity contribution in [1.82, 2.24) is 4.90 Å². The van der Waals surface area contributed by atoms with Crippen LogP contribution in [0, 0.1) is 0 Å². The van der Waals surface area contributed by atoms with E-state index in [1.807, 2.05) is 0 Å². The zero-order chi connectivity index (χ0) is 17.3. The Morgan fingerprint density at radius 3 is 2.83 bits per heavy atom. The lowest BCUT2D eigenvalue weighted by molar-refractivity contribution is -0.136. The van der Waals surface area contributed by atoms with Crippen molar-refractivity contribution in [3.63, 3.8) is 0 Å². The minimum Gasteiger partial charge on any atom is -0.465 e. The van der Waals surface area contributed by atoms with E-state index in [2.05, 4.69) is 6.58 Å².